The third-order valence-electron chi connectivity index (χ3n) is 3.40. The number of pyridine rings is 1. The molecule has 0 aliphatic rings. The number of nitrogens with one attached hydrogen (secondary N) is 1. The van der Waals surface area contributed by atoms with E-state index >= 15 is 0 Å². The summed E-state index contributed by atoms with van der Waals surface area (Å²) in [6.45, 7) is 3.59. The van der Waals surface area contributed by atoms with Crippen LogP contribution in [0.15, 0.2) is 54.6 Å². The first-order chi connectivity index (χ1) is 10.1. The smallest absolute Gasteiger partial charge is 0.221 e. The zero-order chi connectivity index (χ0) is 14.8. The largest absolute Gasteiger partial charge is 0.326 e. The molecule has 1 aromatic heterocycles. The minimum Gasteiger partial charge on any atom is -0.326 e. The van der Waals surface area contributed by atoms with Crippen molar-refractivity contribution in [2.45, 2.75) is 13.8 Å². The molecule has 3 nitrogen and oxygen atoms in total. The number of hydrogen-bond acceptors (Lipinski definition) is 2. The summed E-state index contributed by atoms with van der Waals surface area (Å²) >= 11 is 0. The molecule has 0 atom stereocenters. The number of nitrogens with zero attached hydrogens (tertiary/aromatic N) is 1. The van der Waals surface area contributed by atoms with Crippen molar-refractivity contribution in [1.82, 2.24) is 4.98 Å². The summed E-state index contributed by atoms with van der Waals surface area (Å²) in [5.41, 5.74) is 4.87. The van der Waals surface area contributed by atoms with Gasteiger partial charge in [0.15, 0.2) is 0 Å². The van der Waals surface area contributed by atoms with E-state index in [4.69, 9.17) is 4.98 Å². The number of anilines is 1. The van der Waals surface area contributed by atoms with Crippen molar-refractivity contribution in [2.75, 3.05) is 5.32 Å². The number of para-hydroxylation sites is 1. The van der Waals surface area contributed by atoms with Gasteiger partial charge in [-0.05, 0) is 36.8 Å². The number of carbonyl (C=O) groups is 1. The van der Waals surface area contributed by atoms with Gasteiger partial charge >= 0.3 is 0 Å². The molecule has 4 heteroatoms. The second-order valence-electron chi connectivity index (χ2n) is 5.10. The lowest BCUT2D eigenvalue weighted by atomic mass is 10.0. The summed E-state index contributed by atoms with van der Waals surface area (Å²) < 4.78 is 0. The van der Waals surface area contributed by atoms with Gasteiger partial charge in [0, 0.05) is 23.6 Å². The summed E-state index contributed by atoms with van der Waals surface area (Å²) in [5.74, 6) is -0.0743. The molecule has 112 valence electrons. The Morgan fingerprint density at radius 3 is 2.59 bits per heavy atom. The molecular formula is C18H17ClN2O. The van der Waals surface area contributed by atoms with E-state index in [-0.39, 0.29) is 18.3 Å². The first-order valence-electron chi connectivity index (χ1n) is 6.88. The molecule has 0 saturated carbocycles. The minimum absolute atomic E-state index is 0. The van der Waals surface area contributed by atoms with Crippen molar-refractivity contribution in [1.29, 1.82) is 0 Å². The van der Waals surface area contributed by atoms with Crippen LogP contribution in [0, 0.1) is 6.92 Å². The van der Waals surface area contributed by atoms with Crippen molar-refractivity contribution >= 4 is 34.9 Å². The summed E-state index contributed by atoms with van der Waals surface area (Å²) in [7, 11) is 0. The molecule has 1 N–H and O–H groups in total. The highest BCUT2D eigenvalue weighted by atomic mass is 35.5. The van der Waals surface area contributed by atoms with Crippen LogP contribution in [0.3, 0.4) is 0 Å². The highest BCUT2D eigenvalue weighted by Gasteiger charge is 2.06. The van der Waals surface area contributed by atoms with E-state index in [0.29, 0.717) is 0 Å². The number of fused-ring (bicyclic) bond motifs is 1. The first-order valence-corrected chi connectivity index (χ1v) is 6.88. The normalized spacial score (nSPS) is 10.1. The Kier molecular flexibility index (Phi) is 4.78. The third-order valence-corrected chi connectivity index (χ3v) is 3.40. The van der Waals surface area contributed by atoms with Crippen molar-refractivity contribution in [3.63, 3.8) is 0 Å². The summed E-state index contributed by atoms with van der Waals surface area (Å²) in [6.07, 6.45) is 0. The van der Waals surface area contributed by atoms with Crippen LogP contribution in [0.5, 0.6) is 0 Å². The zero-order valence-electron chi connectivity index (χ0n) is 12.5. The number of rotatable bonds is 2. The number of halogens is 1. The molecule has 0 fully saturated rings. The van der Waals surface area contributed by atoms with Gasteiger partial charge in [-0.25, -0.2) is 4.98 Å². The van der Waals surface area contributed by atoms with Gasteiger partial charge in [-0.1, -0.05) is 30.3 Å². The monoisotopic (exact) mass is 312 g/mol. The van der Waals surface area contributed by atoms with Gasteiger partial charge in [-0.15, -0.1) is 12.4 Å². The summed E-state index contributed by atoms with van der Waals surface area (Å²) in [4.78, 5) is 15.9. The number of aromatic nitrogens is 1. The molecule has 2 aromatic carbocycles. The van der Waals surface area contributed by atoms with E-state index in [9.17, 15) is 4.79 Å². The second kappa shape index (κ2) is 6.58. The Morgan fingerprint density at radius 2 is 1.82 bits per heavy atom. The lowest BCUT2D eigenvalue weighted by molar-refractivity contribution is -0.114. The maximum Gasteiger partial charge on any atom is 0.221 e. The molecule has 0 spiro atoms. The van der Waals surface area contributed by atoms with Gasteiger partial charge in [0.1, 0.15) is 0 Å². The van der Waals surface area contributed by atoms with E-state index in [1.807, 2.05) is 42.5 Å². The van der Waals surface area contributed by atoms with Crippen LogP contribution in [0.2, 0.25) is 0 Å². The molecule has 0 bridgehead atoms. The van der Waals surface area contributed by atoms with E-state index < -0.39 is 0 Å². The van der Waals surface area contributed by atoms with Gasteiger partial charge in [0.25, 0.3) is 0 Å². The predicted molar refractivity (Wildman–Crippen MR) is 93.5 cm³/mol. The molecule has 3 aromatic rings. The number of benzene rings is 2. The van der Waals surface area contributed by atoms with Crippen molar-refractivity contribution < 1.29 is 4.79 Å². The van der Waals surface area contributed by atoms with Crippen LogP contribution >= 0.6 is 12.4 Å². The standard InChI is InChI=1S/C18H16N2O.ClH/c1-12-10-18(20-17-9-4-3-8-16(12)17)14-6-5-7-15(11-14)19-13(2)21;/h3-11H,1-2H3,(H,19,21);1H. The molecular weight excluding hydrogens is 296 g/mol. The van der Waals surface area contributed by atoms with Crippen LogP contribution in [-0.4, -0.2) is 10.9 Å². The van der Waals surface area contributed by atoms with E-state index in [1.54, 1.807) is 0 Å². The molecule has 0 aliphatic carbocycles. The molecule has 0 saturated heterocycles. The Bertz CT molecular complexity index is 830. The zero-order valence-corrected chi connectivity index (χ0v) is 13.3. The maximum atomic E-state index is 11.2. The molecule has 0 aliphatic heterocycles. The summed E-state index contributed by atoms with van der Waals surface area (Å²) in [5, 5.41) is 3.97. The van der Waals surface area contributed by atoms with Crippen molar-refractivity contribution in [3.05, 3.63) is 60.2 Å². The first kappa shape index (κ1) is 16.0. The quantitative estimate of drug-likeness (QED) is 0.752. The molecule has 22 heavy (non-hydrogen) atoms. The van der Waals surface area contributed by atoms with Gasteiger partial charge in [0.05, 0.1) is 11.2 Å². The fourth-order valence-corrected chi connectivity index (χ4v) is 2.46. The van der Waals surface area contributed by atoms with Gasteiger partial charge in [-0.2, -0.15) is 0 Å². The Balaban J connectivity index is 0.00000176. The van der Waals surface area contributed by atoms with Gasteiger partial charge < -0.3 is 5.32 Å². The average Bonchev–Trinajstić information content (AvgIpc) is 2.47. The minimum atomic E-state index is -0.0743. The van der Waals surface area contributed by atoms with E-state index in [1.165, 1.54) is 17.9 Å². The van der Waals surface area contributed by atoms with Crippen molar-refractivity contribution in [3.8, 4) is 11.3 Å². The highest BCUT2D eigenvalue weighted by Crippen LogP contribution is 2.26. The number of hydrogen-bond donors (Lipinski definition) is 1. The SMILES string of the molecule is CC(=O)Nc1cccc(-c2cc(C)c3ccccc3n2)c1.Cl. The number of aryl methyl sites for hydroxylation is 1. The summed E-state index contributed by atoms with van der Waals surface area (Å²) in [6, 6.07) is 17.9. The third kappa shape index (κ3) is 3.26. The van der Waals surface area contributed by atoms with Crippen LogP contribution in [-0.2, 0) is 4.79 Å². The molecule has 0 radical (unpaired) electrons. The second-order valence-corrected chi connectivity index (χ2v) is 5.10. The lowest BCUT2D eigenvalue weighted by Crippen LogP contribution is -2.05. The molecule has 1 heterocycles. The Hall–Kier alpha value is -2.39. The predicted octanol–water partition coefficient (Wildman–Crippen LogP) is 4.59. The van der Waals surface area contributed by atoms with Crippen LogP contribution in [0.25, 0.3) is 22.2 Å². The fraction of sp³-hybridized carbons (Fsp3) is 0.111. The Morgan fingerprint density at radius 1 is 1.05 bits per heavy atom. The van der Waals surface area contributed by atoms with Crippen LogP contribution < -0.4 is 5.32 Å². The van der Waals surface area contributed by atoms with E-state index in [0.717, 1.165) is 22.5 Å². The number of carbonyl (C=O) groups excluding carboxylic acids is 1. The Labute approximate surface area is 135 Å². The van der Waals surface area contributed by atoms with Gasteiger partial charge in [0.2, 0.25) is 5.91 Å². The number of amides is 1. The maximum absolute atomic E-state index is 11.2. The van der Waals surface area contributed by atoms with Gasteiger partial charge in [-0.3, -0.25) is 4.79 Å². The van der Waals surface area contributed by atoms with Crippen LogP contribution in [0.1, 0.15) is 12.5 Å². The fourth-order valence-electron chi connectivity index (χ4n) is 2.46. The molecule has 0 unspecified atom stereocenters. The highest BCUT2D eigenvalue weighted by molar-refractivity contribution is 5.90. The van der Waals surface area contributed by atoms with Crippen molar-refractivity contribution in [2.24, 2.45) is 0 Å². The topological polar surface area (TPSA) is 42.0 Å². The van der Waals surface area contributed by atoms with Crippen LogP contribution in [0.4, 0.5) is 5.69 Å². The lowest BCUT2D eigenvalue weighted by Gasteiger charge is -2.08. The average molecular weight is 313 g/mol. The van der Waals surface area contributed by atoms with E-state index in [2.05, 4.69) is 24.4 Å². The molecule has 1 amide bonds. The molecule has 3 rings (SSSR count).